The molecule has 1 amide bonds. The van der Waals surface area contributed by atoms with E-state index in [1.165, 1.54) is 0 Å². The number of nitrogens with zero attached hydrogens (tertiary/aromatic N) is 2. The first-order valence-electron chi connectivity index (χ1n) is 6.79. The SMILES string of the molecule is Cc1cccc2c1N(C(=O)c1cc(F)cnc1Cl)CCC2. The lowest BCUT2D eigenvalue weighted by molar-refractivity contribution is 0.0984. The fourth-order valence-corrected chi connectivity index (χ4v) is 2.95. The molecule has 0 radical (unpaired) electrons. The maximum absolute atomic E-state index is 13.4. The van der Waals surface area contributed by atoms with Crippen molar-refractivity contribution in [1.82, 2.24) is 4.98 Å². The summed E-state index contributed by atoms with van der Waals surface area (Å²) in [5, 5.41) is 0.0297. The molecule has 0 unspecified atom stereocenters. The van der Waals surface area contributed by atoms with Crippen LogP contribution in [-0.4, -0.2) is 17.4 Å². The van der Waals surface area contributed by atoms with E-state index in [9.17, 15) is 9.18 Å². The van der Waals surface area contributed by atoms with Crippen molar-refractivity contribution in [1.29, 1.82) is 0 Å². The van der Waals surface area contributed by atoms with Crippen LogP contribution in [0.25, 0.3) is 0 Å². The van der Waals surface area contributed by atoms with Gasteiger partial charge in [-0.15, -0.1) is 0 Å². The van der Waals surface area contributed by atoms with E-state index in [-0.39, 0.29) is 16.6 Å². The number of amides is 1. The summed E-state index contributed by atoms with van der Waals surface area (Å²) >= 11 is 5.95. The number of fused-ring (bicyclic) bond motifs is 1. The summed E-state index contributed by atoms with van der Waals surface area (Å²) in [5.41, 5.74) is 3.18. The van der Waals surface area contributed by atoms with Crippen LogP contribution in [0.3, 0.4) is 0 Å². The second-order valence-corrected chi connectivity index (χ2v) is 5.49. The highest BCUT2D eigenvalue weighted by molar-refractivity contribution is 6.33. The van der Waals surface area contributed by atoms with E-state index in [0.717, 1.165) is 41.9 Å². The monoisotopic (exact) mass is 304 g/mol. The number of hydrogen-bond acceptors (Lipinski definition) is 2. The molecule has 0 N–H and O–H groups in total. The Hall–Kier alpha value is -1.94. The fourth-order valence-electron chi connectivity index (χ4n) is 2.77. The van der Waals surface area contributed by atoms with Gasteiger partial charge in [-0.2, -0.15) is 0 Å². The van der Waals surface area contributed by atoms with Crippen molar-refractivity contribution >= 4 is 23.2 Å². The molecular formula is C16H14ClFN2O. The number of carbonyl (C=O) groups excluding carboxylic acids is 1. The Bertz CT molecular complexity index is 717. The molecule has 0 atom stereocenters. The Balaban J connectivity index is 2.06. The van der Waals surface area contributed by atoms with E-state index >= 15 is 0 Å². The predicted molar refractivity (Wildman–Crippen MR) is 80.4 cm³/mol. The van der Waals surface area contributed by atoms with Gasteiger partial charge in [0.2, 0.25) is 0 Å². The average Bonchev–Trinajstić information content (AvgIpc) is 2.49. The Morgan fingerprint density at radius 1 is 1.43 bits per heavy atom. The maximum atomic E-state index is 13.4. The fraction of sp³-hybridized carbons (Fsp3) is 0.250. The molecule has 1 aromatic heterocycles. The van der Waals surface area contributed by atoms with Crippen molar-refractivity contribution in [3.63, 3.8) is 0 Å². The second kappa shape index (κ2) is 5.45. The number of benzene rings is 1. The normalized spacial score (nSPS) is 14.0. The molecule has 108 valence electrons. The lowest BCUT2D eigenvalue weighted by Crippen LogP contribution is -2.36. The number of aryl methyl sites for hydroxylation is 2. The Morgan fingerprint density at radius 2 is 2.24 bits per heavy atom. The van der Waals surface area contributed by atoms with Crippen molar-refractivity contribution in [2.24, 2.45) is 0 Å². The topological polar surface area (TPSA) is 33.2 Å². The maximum Gasteiger partial charge on any atom is 0.261 e. The highest BCUT2D eigenvalue weighted by Gasteiger charge is 2.26. The molecule has 21 heavy (non-hydrogen) atoms. The third-order valence-corrected chi connectivity index (χ3v) is 4.00. The molecule has 3 rings (SSSR count). The number of hydrogen-bond donors (Lipinski definition) is 0. The molecule has 0 spiro atoms. The van der Waals surface area contributed by atoms with Crippen molar-refractivity contribution in [2.45, 2.75) is 19.8 Å². The van der Waals surface area contributed by atoms with Crippen LogP contribution in [0.2, 0.25) is 5.15 Å². The van der Waals surface area contributed by atoms with Crippen molar-refractivity contribution in [2.75, 3.05) is 11.4 Å². The van der Waals surface area contributed by atoms with Crippen molar-refractivity contribution < 1.29 is 9.18 Å². The van der Waals surface area contributed by atoms with Gasteiger partial charge in [0.25, 0.3) is 5.91 Å². The molecular weight excluding hydrogens is 291 g/mol. The van der Waals surface area contributed by atoms with Crippen LogP contribution < -0.4 is 4.90 Å². The van der Waals surface area contributed by atoms with Gasteiger partial charge in [0.1, 0.15) is 11.0 Å². The quantitative estimate of drug-likeness (QED) is 0.751. The van der Waals surface area contributed by atoms with Gasteiger partial charge in [0.05, 0.1) is 17.4 Å². The number of carbonyl (C=O) groups is 1. The molecule has 2 heterocycles. The first kappa shape index (κ1) is 14.0. The summed E-state index contributed by atoms with van der Waals surface area (Å²) in [6.07, 6.45) is 2.83. The minimum Gasteiger partial charge on any atom is -0.308 e. The van der Waals surface area contributed by atoms with Gasteiger partial charge in [-0.25, -0.2) is 9.37 Å². The zero-order valence-electron chi connectivity index (χ0n) is 11.6. The molecule has 0 bridgehead atoms. The summed E-state index contributed by atoms with van der Waals surface area (Å²) in [7, 11) is 0. The average molecular weight is 305 g/mol. The second-order valence-electron chi connectivity index (χ2n) is 5.13. The number of aromatic nitrogens is 1. The third kappa shape index (κ3) is 2.51. The van der Waals surface area contributed by atoms with Gasteiger partial charge < -0.3 is 4.90 Å². The zero-order valence-corrected chi connectivity index (χ0v) is 12.3. The van der Waals surface area contributed by atoms with Crippen LogP contribution in [0, 0.1) is 12.7 Å². The van der Waals surface area contributed by atoms with E-state index in [4.69, 9.17) is 11.6 Å². The van der Waals surface area contributed by atoms with E-state index in [2.05, 4.69) is 4.98 Å². The van der Waals surface area contributed by atoms with Gasteiger partial charge in [-0.3, -0.25) is 4.79 Å². The number of rotatable bonds is 1. The summed E-state index contributed by atoms with van der Waals surface area (Å²) in [6.45, 7) is 2.57. The summed E-state index contributed by atoms with van der Waals surface area (Å²) < 4.78 is 13.4. The molecule has 1 aliphatic heterocycles. The van der Waals surface area contributed by atoms with E-state index in [1.807, 2.05) is 25.1 Å². The third-order valence-electron chi connectivity index (χ3n) is 3.70. The summed E-state index contributed by atoms with van der Waals surface area (Å²) in [5.74, 6) is -0.869. The molecule has 3 nitrogen and oxygen atoms in total. The van der Waals surface area contributed by atoms with Crippen LogP contribution in [0.5, 0.6) is 0 Å². The number of anilines is 1. The smallest absolute Gasteiger partial charge is 0.261 e. The Kier molecular flexibility index (Phi) is 3.64. The van der Waals surface area contributed by atoms with Gasteiger partial charge in [0, 0.05) is 6.54 Å². The molecule has 1 aliphatic rings. The lowest BCUT2D eigenvalue weighted by atomic mass is 9.97. The Morgan fingerprint density at radius 3 is 3.05 bits per heavy atom. The van der Waals surface area contributed by atoms with Gasteiger partial charge >= 0.3 is 0 Å². The lowest BCUT2D eigenvalue weighted by Gasteiger charge is -2.31. The summed E-state index contributed by atoms with van der Waals surface area (Å²) in [4.78, 5) is 18.1. The molecule has 0 saturated heterocycles. The van der Waals surface area contributed by atoms with Gasteiger partial charge in [0.15, 0.2) is 0 Å². The highest BCUT2D eigenvalue weighted by Crippen LogP contribution is 2.32. The van der Waals surface area contributed by atoms with E-state index < -0.39 is 5.82 Å². The minimum absolute atomic E-state index is 0.0297. The number of pyridine rings is 1. The largest absolute Gasteiger partial charge is 0.308 e. The molecule has 0 aliphatic carbocycles. The predicted octanol–water partition coefficient (Wildman–Crippen LogP) is 3.78. The minimum atomic E-state index is -0.565. The number of halogens is 2. The number of para-hydroxylation sites is 1. The molecule has 2 aromatic rings. The van der Waals surface area contributed by atoms with Crippen LogP contribution in [0.4, 0.5) is 10.1 Å². The van der Waals surface area contributed by atoms with Crippen LogP contribution in [0.1, 0.15) is 27.9 Å². The first-order valence-corrected chi connectivity index (χ1v) is 7.17. The molecule has 0 saturated carbocycles. The van der Waals surface area contributed by atoms with Crippen LogP contribution >= 0.6 is 11.6 Å². The van der Waals surface area contributed by atoms with E-state index in [1.54, 1.807) is 4.90 Å². The first-order chi connectivity index (χ1) is 10.1. The van der Waals surface area contributed by atoms with Gasteiger partial charge in [-0.05, 0) is 37.0 Å². The molecule has 1 aromatic carbocycles. The summed E-state index contributed by atoms with van der Waals surface area (Å²) in [6, 6.07) is 7.12. The zero-order chi connectivity index (χ0) is 15.0. The molecule has 0 fully saturated rings. The molecule has 5 heteroatoms. The van der Waals surface area contributed by atoms with E-state index in [0.29, 0.717) is 6.54 Å². The van der Waals surface area contributed by atoms with Crippen molar-refractivity contribution in [3.8, 4) is 0 Å². The Labute approximate surface area is 127 Å². The van der Waals surface area contributed by atoms with Crippen LogP contribution in [-0.2, 0) is 6.42 Å². The standard InChI is InChI=1S/C16H14ClFN2O/c1-10-4-2-5-11-6-3-7-20(14(10)11)16(21)13-8-12(18)9-19-15(13)17/h2,4-5,8-9H,3,6-7H2,1H3. The van der Waals surface area contributed by atoms with Gasteiger partial charge in [-0.1, -0.05) is 29.8 Å². The van der Waals surface area contributed by atoms with Crippen molar-refractivity contribution in [3.05, 3.63) is 58.1 Å². The van der Waals surface area contributed by atoms with Crippen LogP contribution in [0.15, 0.2) is 30.5 Å². The highest BCUT2D eigenvalue weighted by atomic mass is 35.5.